The highest BCUT2D eigenvalue weighted by Gasteiger charge is 2.50. The van der Waals surface area contributed by atoms with Crippen LogP contribution in [0.25, 0.3) is 5.69 Å². The average molecular weight is 545 g/mol. The topological polar surface area (TPSA) is 121 Å². The molecule has 0 radical (unpaired) electrons. The normalized spacial score (nSPS) is 20.7. The second-order valence-corrected chi connectivity index (χ2v) is 12.1. The van der Waals surface area contributed by atoms with Gasteiger partial charge in [0.05, 0.1) is 32.6 Å². The van der Waals surface area contributed by atoms with E-state index in [-0.39, 0.29) is 28.0 Å². The quantitative estimate of drug-likeness (QED) is 0.471. The summed E-state index contributed by atoms with van der Waals surface area (Å²) in [5.74, 6) is 0.137. The lowest BCUT2D eigenvalue weighted by Gasteiger charge is -2.27. The number of hydrogen-bond donors (Lipinski definition) is 1. The number of benzene rings is 1. The molecule has 0 spiro atoms. The van der Waals surface area contributed by atoms with Gasteiger partial charge in [-0.1, -0.05) is 35.3 Å². The molecule has 2 aliphatic rings. The Kier molecular flexibility index (Phi) is 6.19. The van der Waals surface area contributed by atoms with Crippen LogP contribution in [0.1, 0.15) is 25.0 Å². The van der Waals surface area contributed by atoms with Crippen molar-refractivity contribution in [1.82, 2.24) is 20.1 Å². The lowest BCUT2D eigenvalue weighted by Crippen LogP contribution is -2.48. The molecule has 1 aliphatic heterocycles. The predicted molar refractivity (Wildman–Crippen MR) is 135 cm³/mol. The fourth-order valence-electron chi connectivity index (χ4n) is 4.49. The standard InChI is InChI=1S/C24H22Cl2N6O3S/c1-15-10-22(32(30-15)16-6-9-28-21(26)11-16)31-13-17(36(34,35)20-5-3-2-4-18(20)25)12-19(31)23(33)29-24(14-27)7-8-24/h2-6,9-11,17,19H,7-8,12-13H2,1H3,(H,29,33)/t17-,19+/m1/s1. The van der Waals surface area contributed by atoms with Crippen LogP contribution in [-0.2, 0) is 14.6 Å². The van der Waals surface area contributed by atoms with Crippen molar-refractivity contribution in [3.8, 4) is 11.8 Å². The molecule has 2 aromatic heterocycles. The van der Waals surface area contributed by atoms with E-state index >= 15 is 0 Å². The summed E-state index contributed by atoms with van der Waals surface area (Å²) in [6, 6.07) is 12.7. The molecule has 1 amide bonds. The van der Waals surface area contributed by atoms with Gasteiger partial charge in [-0.2, -0.15) is 10.4 Å². The van der Waals surface area contributed by atoms with Gasteiger partial charge >= 0.3 is 0 Å². The first kappa shape index (κ1) is 24.6. The summed E-state index contributed by atoms with van der Waals surface area (Å²) in [4.78, 5) is 19.2. The maximum absolute atomic E-state index is 13.6. The maximum Gasteiger partial charge on any atom is 0.244 e. The number of carbonyl (C=O) groups is 1. The molecule has 36 heavy (non-hydrogen) atoms. The van der Waals surface area contributed by atoms with E-state index in [2.05, 4.69) is 21.5 Å². The first-order valence-corrected chi connectivity index (χ1v) is 13.6. The van der Waals surface area contributed by atoms with Crippen molar-refractivity contribution in [1.29, 1.82) is 5.26 Å². The molecule has 9 nitrogen and oxygen atoms in total. The molecular formula is C24H22Cl2N6O3S. The van der Waals surface area contributed by atoms with Crippen molar-refractivity contribution in [3.63, 3.8) is 0 Å². The summed E-state index contributed by atoms with van der Waals surface area (Å²) in [7, 11) is -3.87. The number of anilines is 1. The first-order chi connectivity index (χ1) is 17.1. The lowest BCUT2D eigenvalue weighted by atomic mass is 10.1. The van der Waals surface area contributed by atoms with Crippen molar-refractivity contribution >= 4 is 44.8 Å². The summed E-state index contributed by atoms with van der Waals surface area (Å²) < 4.78 is 28.8. The number of pyridine rings is 1. The Balaban J connectivity index is 1.56. The molecule has 2 atom stereocenters. The predicted octanol–water partition coefficient (Wildman–Crippen LogP) is 3.48. The molecule has 1 aromatic carbocycles. The van der Waals surface area contributed by atoms with E-state index in [4.69, 9.17) is 23.2 Å². The first-order valence-electron chi connectivity index (χ1n) is 11.3. The third-order valence-electron chi connectivity index (χ3n) is 6.54. The molecular weight excluding hydrogens is 523 g/mol. The molecule has 3 heterocycles. The van der Waals surface area contributed by atoms with Gasteiger partial charge in [-0.3, -0.25) is 4.79 Å². The fraction of sp³-hybridized carbons (Fsp3) is 0.333. The summed E-state index contributed by atoms with van der Waals surface area (Å²) in [6.07, 6.45) is 2.70. The second kappa shape index (κ2) is 9.07. The zero-order valence-corrected chi connectivity index (χ0v) is 21.6. The number of amides is 1. The second-order valence-electron chi connectivity index (χ2n) is 9.08. The molecule has 3 aromatic rings. The minimum absolute atomic E-state index is 0.0268. The summed E-state index contributed by atoms with van der Waals surface area (Å²) in [6.45, 7) is 1.84. The van der Waals surface area contributed by atoms with E-state index < -0.39 is 32.6 Å². The highest BCUT2D eigenvalue weighted by Crippen LogP contribution is 2.38. The smallest absolute Gasteiger partial charge is 0.244 e. The van der Waals surface area contributed by atoms with Gasteiger partial charge < -0.3 is 10.2 Å². The van der Waals surface area contributed by atoms with Gasteiger partial charge in [0, 0.05) is 24.9 Å². The van der Waals surface area contributed by atoms with Crippen molar-refractivity contribution < 1.29 is 13.2 Å². The molecule has 12 heteroatoms. The van der Waals surface area contributed by atoms with Gasteiger partial charge in [-0.05, 0) is 44.4 Å². The zero-order chi connectivity index (χ0) is 25.7. The van der Waals surface area contributed by atoms with Crippen LogP contribution in [-0.4, -0.2) is 52.5 Å². The van der Waals surface area contributed by atoms with Crippen molar-refractivity contribution in [2.24, 2.45) is 0 Å². The number of carbonyl (C=O) groups excluding carboxylic acids is 1. The molecule has 2 fully saturated rings. The fourth-order valence-corrected chi connectivity index (χ4v) is 6.88. The Labute approximate surface area is 218 Å². The molecule has 186 valence electrons. The number of sulfone groups is 1. The summed E-state index contributed by atoms with van der Waals surface area (Å²) in [5, 5.41) is 16.4. The highest BCUT2D eigenvalue weighted by molar-refractivity contribution is 7.92. The Bertz CT molecular complexity index is 1500. The molecule has 0 bridgehead atoms. The number of nitriles is 1. The zero-order valence-electron chi connectivity index (χ0n) is 19.2. The molecule has 1 aliphatic carbocycles. The number of aryl methyl sites for hydroxylation is 1. The van der Waals surface area contributed by atoms with E-state index in [0.717, 1.165) is 0 Å². The molecule has 1 saturated carbocycles. The number of nitrogens with zero attached hydrogens (tertiary/aromatic N) is 5. The van der Waals surface area contributed by atoms with Crippen LogP contribution < -0.4 is 10.2 Å². The lowest BCUT2D eigenvalue weighted by molar-refractivity contribution is -0.122. The Morgan fingerprint density at radius 1 is 1.22 bits per heavy atom. The number of nitrogens with one attached hydrogen (secondary N) is 1. The molecule has 5 rings (SSSR count). The van der Waals surface area contributed by atoms with Gasteiger partial charge in [0.25, 0.3) is 0 Å². The Morgan fingerprint density at radius 2 is 1.97 bits per heavy atom. The third kappa shape index (κ3) is 4.43. The number of aromatic nitrogens is 3. The third-order valence-corrected chi connectivity index (χ3v) is 9.37. The Hall–Kier alpha value is -3.13. The van der Waals surface area contributed by atoms with E-state index in [1.165, 1.54) is 12.1 Å². The largest absolute Gasteiger partial charge is 0.343 e. The average Bonchev–Trinajstić information content (AvgIpc) is 3.28. The molecule has 1 saturated heterocycles. The van der Waals surface area contributed by atoms with E-state index in [1.54, 1.807) is 53.0 Å². The van der Waals surface area contributed by atoms with Crippen LogP contribution in [0.4, 0.5) is 5.82 Å². The SMILES string of the molecule is Cc1cc(N2C[C@H](S(=O)(=O)c3ccccc3Cl)C[C@H]2C(=O)NC2(C#N)CC2)n(-c2ccnc(Cl)c2)n1. The van der Waals surface area contributed by atoms with E-state index in [9.17, 15) is 18.5 Å². The van der Waals surface area contributed by atoms with Crippen LogP contribution >= 0.6 is 23.2 Å². The van der Waals surface area contributed by atoms with Crippen LogP contribution in [0.5, 0.6) is 0 Å². The highest BCUT2D eigenvalue weighted by atomic mass is 35.5. The van der Waals surface area contributed by atoms with E-state index in [0.29, 0.717) is 30.0 Å². The van der Waals surface area contributed by atoms with Crippen LogP contribution in [0, 0.1) is 18.3 Å². The molecule has 1 N–H and O–H groups in total. The van der Waals surface area contributed by atoms with Crippen LogP contribution in [0.15, 0.2) is 53.6 Å². The van der Waals surface area contributed by atoms with Gasteiger partial charge in [-0.15, -0.1) is 0 Å². The van der Waals surface area contributed by atoms with Gasteiger partial charge in [-0.25, -0.2) is 18.1 Å². The van der Waals surface area contributed by atoms with E-state index in [1.807, 2.05) is 0 Å². The van der Waals surface area contributed by atoms with Gasteiger partial charge in [0.2, 0.25) is 5.91 Å². The number of rotatable bonds is 6. The summed E-state index contributed by atoms with van der Waals surface area (Å²) in [5.41, 5.74) is 0.396. The maximum atomic E-state index is 13.6. The van der Waals surface area contributed by atoms with Crippen molar-refractivity contribution in [2.75, 3.05) is 11.4 Å². The number of hydrogen-bond acceptors (Lipinski definition) is 7. The summed E-state index contributed by atoms with van der Waals surface area (Å²) >= 11 is 12.3. The van der Waals surface area contributed by atoms with Crippen LogP contribution in [0.3, 0.4) is 0 Å². The van der Waals surface area contributed by atoms with Crippen molar-refractivity contribution in [3.05, 3.63) is 64.5 Å². The minimum atomic E-state index is -3.87. The number of halogens is 2. The Morgan fingerprint density at radius 3 is 2.64 bits per heavy atom. The monoisotopic (exact) mass is 544 g/mol. The van der Waals surface area contributed by atoms with Crippen LogP contribution in [0.2, 0.25) is 10.2 Å². The minimum Gasteiger partial charge on any atom is -0.343 e. The molecule has 0 unspecified atom stereocenters. The van der Waals surface area contributed by atoms with Gasteiger partial charge in [0.15, 0.2) is 9.84 Å². The van der Waals surface area contributed by atoms with Gasteiger partial charge in [0.1, 0.15) is 22.6 Å². The van der Waals surface area contributed by atoms with Crippen molar-refractivity contribution in [2.45, 2.75) is 47.9 Å².